The molecule has 0 saturated heterocycles. The van der Waals surface area contributed by atoms with Gasteiger partial charge in [-0.25, -0.2) is 0 Å². The second-order valence-electron chi connectivity index (χ2n) is 3.62. The summed E-state index contributed by atoms with van der Waals surface area (Å²) in [6, 6.07) is 4.25. The molecule has 16 heavy (non-hydrogen) atoms. The normalized spacial score (nSPS) is 10.9. The summed E-state index contributed by atoms with van der Waals surface area (Å²) in [6.45, 7) is 3.15. The minimum atomic E-state index is 1.02. The molecule has 0 unspecified atom stereocenters. The molecule has 0 aliphatic carbocycles. The van der Waals surface area contributed by atoms with Crippen molar-refractivity contribution in [1.82, 2.24) is 15.5 Å². The molecule has 2 aromatic rings. The number of thiophene rings is 1. The van der Waals surface area contributed by atoms with Crippen molar-refractivity contribution in [3.8, 4) is 9.88 Å². The van der Waals surface area contributed by atoms with E-state index in [9.17, 15) is 0 Å². The van der Waals surface area contributed by atoms with Crippen LogP contribution < -0.4 is 5.32 Å². The van der Waals surface area contributed by atoms with Crippen molar-refractivity contribution in [1.29, 1.82) is 0 Å². The molecule has 0 aliphatic heterocycles. The Bertz CT molecular complexity index is 448. The molecule has 0 radical (unpaired) electrons. The van der Waals surface area contributed by atoms with E-state index in [2.05, 4.69) is 34.6 Å². The van der Waals surface area contributed by atoms with Gasteiger partial charge in [0.25, 0.3) is 0 Å². The fourth-order valence-corrected chi connectivity index (χ4v) is 3.22. The van der Waals surface area contributed by atoms with Gasteiger partial charge in [-0.1, -0.05) is 11.3 Å². The number of aryl methyl sites for hydroxylation is 2. The van der Waals surface area contributed by atoms with Crippen LogP contribution in [0.25, 0.3) is 9.88 Å². The Hall–Kier alpha value is -0.780. The topological polar surface area (TPSA) is 37.8 Å². The Morgan fingerprint density at radius 3 is 2.81 bits per heavy atom. The molecule has 2 heterocycles. The predicted octanol–water partition coefficient (Wildman–Crippen LogP) is 2.73. The lowest BCUT2D eigenvalue weighted by molar-refractivity contribution is 0.718. The second-order valence-corrected chi connectivity index (χ2v) is 5.97. The third kappa shape index (κ3) is 2.87. The van der Waals surface area contributed by atoms with Crippen molar-refractivity contribution < 1.29 is 0 Å². The molecule has 0 aromatic carbocycles. The lowest BCUT2D eigenvalue weighted by Crippen LogP contribution is -2.08. The van der Waals surface area contributed by atoms with Gasteiger partial charge >= 0.3 is 0 Å². The molecule has 3 nitrogen and oxygen atoms in total. The molecule has 86 valence electrons. The maximum Gasteiger partial charge on any atom is 0.157 e. The first-order valence-corrected chi connectivity index (χ1v) is 6.96. The molecule has 0 atom stereocenters. The number of hydrogen-bond donors (Lipinski definition) is 1. The summed E-state index contributed by atoms with van der Waals surface area (Å²) in [6.07, 6.45) is 2.14. The van der Waals surface area contributed by atoms with E-state index >= 15 is 0 Å². The van der Waals surface area contributed by atoms with Gasteiger partial charge in [-0.2, -0.15) is 0 Å². The van der Waals surface area contributed by atoms with Crippen LogP contribution >= 0.6 is 22.7 Å². The van der Waals surface area contributed by atoms with Crippen molar-refractivity contribution >= 4 is 22.7 Å². The van der Waals surface area contributed by atoms with Crippen LogP contribution in [-0.4, -0.2) is 23.8 Å². The summed E-state index contributed by atoms with van der Waals surface area (Å²) in [4.78, 5) is 2.55. The average molecular weight is 253 g/mol. The lowest BCUT2D eigenvalue weighted by Gasteiger charge is -1.94. The number of hydrogen-bond acceptors (Lipinski definition) is 5. The van der Waals surface area contributed by atoms with Crippen LogP contribution in [0.4, 0.5) is 0 Å². The van der Waals surface area contributed by atoms with Crippen molar-refractivity contribution in [2.24, 2.45) is 0 Å². The largest absolute Gasteiger partial charge is 0.320 e. The second kappa shape index (κ2) is 5.52. The molecule has 0 saturated carbocycles. The van der Waals surface area contributed by atoms with Crippen molar-refractivity contribution in [3.05, 3.63) is 22.0 Å². The minimum absolute atomic E-state index is 1.02. The highest BCUT2D eigenvalue weighted by molar-refractivity contribution is 7.21. The standard InChI is InChI=1S/C11H15N3S2/c1-8-5-6-9(15-8)11-14-13-10(16-11)4-3-7-12-2/h5-6,12H,3-4,7H2,1-2H3. The van der Waals surface area contributed by atoms with Crippen LogP contribution in [0.2, 0.25) is 0 Å². The van der Waals surface area contributed by atoms with E-state index in [0.29, 0.717) is 0 Å². The van der Waals surface area contributed by atoms with Gasteiger partial charge in [0.05, 0.1) is 4.88 Å². The highest BCUT2D eigenvalue weighted by atomic mass is 32.1. The van der Waals surface area contributed by atoms with Crippen molar-refractivity contribution in [2.45, 2.75) is 19.8 Å². The van der Waals surface area contributed by atoms with Gasteiger partial charge in [0.2, 0.25) is 0 Å². The maximum atomic E-state index is 4.24. The van der Waals surface area contributed by atoms with Gasteiger partial charge in [0.1, 0.15) is 5.01 Å². The van der Waals surface area contributed by atoms with Gasteiger partial charge in [0, 0.05) is 11.3 Å². The molecule has 5 heteroatoms. The first-order chi connectivity index (χ1) is 7.79. The summed E-state index contributed by atoms with van der Waals surface area (Å²) >= 11 is 3.49. The molecular formula is C11H15N3S2. The smallest absolute Gasteiger partial charge is 0.157 e. The highest BCUT2D eigenvalue weighted by Crippen LogP contribution is 2.30. The Balaban J connectivity index is 2.02. The summed E-state index contributed by atoms with van der Waals surface area (Å²) in [5.74, 6) is 0. The van der Waals surface area contributed by atoms with Gasteiger partial charge in [-0.3, -0.25) is 0 Å². The van der Waals surface area contributed by atoms with E-state index in [-0.39, 0.29) is 0 Å². The van der Waals surface area contributed by atoms with Crippen LogP contribution in [0.5, 0.6) is 0 Å². The molecule has 1 N–H and O–H groups in total. The van der Waals surface area contributed by atoms with Crippen LogP contribution in [0.15, 0.2) is 12.1 Å². The fourth-order valence-electron chi connectivity index (χ4n) is 1.42. The lowest BCUT2D eigenvalue weighted by atomic mass is 10.3. The SMILES string of the molecule is CNCCCc1nnc(-c2ccc(C)s2)s1. The van der Waals surface area contributed by atoms with E-state index in [0.717, 1.165) is 29.4 Å². The van der Waals surface area contributed by atoms with Gasteiger partial charge in [0.15, 0.2) is 5.01 Å². The summed E-state index contributed by atoms with van der Waals surface area (Å²) in [7, 11) is 1.97. The molecule has 0 fully saturated rings. The molecule has 0 amide bonds. The van der Waals surface area contributed by atoms with E-state index < -0.39 is 0 Å². The monoisotopic (exact) mass is 253 g/mol. The molecule has 0 spiro atoms. The highest BCUT2D eigenvalue weighted by Gasteiger charge is 2.07. The van der Waals surface area contributed by atoms with Crippen LogP contribution in [0, 0.1) is 6.92 Å². The van der Waals surface area contributed by atoms with Crippen LogP contribution in [-0.2, 0) is 6.42 Å². The fraction of sp³-hybridized carbons (Fsp3) is 0.455. The van der Waals surface area contributed by atoms with E-state index in [1.54, 1.807) is 22.7 Å². The van der Waals surface area contributed by atoms with Crippen LogP contribution in [0.1, 0.15) is 16.3 Å². The van der Waals surface area contributed by atoms with E-state index in [1.165, 1.54) is 9.75 Å². The molecule has 0 bridgehead atoms. The molecule has 2 aromatic heterocycles. The zero-order chi connectivity index (χ0) is 11.4. The maximum absolute atomic E-state index is 4.24. The zero-order valence-electron chi connectivity index (χ0n) is 9.49. The predicted molar refractivity (Wildman–Crippen MR) is 70.2 cm³/mol. The first-order valence-electron chi connectivity index (χ1n) is 5.33. The summed E-state index contributed by atoms with van der Waals surface area (Å²) < 4.78 is 0. The summed E-state index contributed by atoms with van der Waals surface area (Å²) in [5.41, 5.74) is 0. The molecular weight excluding hydrogens is 238 g/mol. The zero-order valence-corrected chi connectivity index (χ0v) is 11.1. The van der Waals surface area contributed by atoms with Gasteiger partial charge in [-0.05, 0) is 39.1 Å². The van der Waals surface area contributed by atoms with E-state index in [4.69, 9.17) is 0 Å². The first kappa shape index (κ1) is 11.7. The molecule has 2 rings (SSSR count). The average Bonchev–Trinajstić information content (AvgIpc) is 2.87. The Kier molecular flexibility index (Phi) is 4.04. The number of rotatable bonds is 5. The Morgan fingerprint density at radius 2 is 2.12 bits per heavy atom. The van der Waals surface area contributed by atoms with E-state index in [1.807, 2.05) is 7.05 Å². The quantitative estimate of drug-likeness (QED) is 0.833. The number of nitrogens with zero attached hydrogens (tertiary/aromatic N) is 2. The Morgan fingerprint density at radius 1 is 1.25 bits per heavy atom. The minimum Gasteiger partial charge on any atom is -0.320 e. The van der Waals surface area contributed by atoms with Crippen molar-refractivity contribution in [3.63, 3.8) is 0 Å². The third-order valence-electron chi connectivity index (χ3n) is 2.24. The Labute approximate surface area is 104 Å². The third-order valence-corrected chi connectivity index (χ3v) is 4.39. The number of nitrogens with one attached hydrogen (secondary N) is 1. The van der Waals surface area contributed by atoms with Gasteiger partial charge in [-0.15, -0.1) is 21.5 Å². The van der Waals surface area contributed by atoms with Gasteiger partial charge < -0.3 is 5.32 Å². The number of aromatic nitrogens is 2. The van der Waals surface area contributed by atoms with Crippen LogP contribution in [0.3, 0.4) is 0 Å². The van der Waals surface area contributed by atoms with Crippen molar-refractivity contribution in [2.75, 3.05) is 13.6 Å². The molecule has 0 aliphatic rings. The summed E-state index contributed by atoms with van der Waals surface area (Å²) in [5, 5.41) is 13.8.